The number of hydrogen-bond donors (Lipinski definition) is 1. The fourth-order valence-corrected chi connectivity index (χ4v) is 4.40. The molecule has 0 atom stereocenters. The van der Waals surface area contributed by atoms with Crippen LogP contribution >= 0.6 is 0 Å². The average molecular weight is 497 g/mol. The summed E-state index contributed by atoms with van der Waals surface area (Å²) < 4.78 is 17.2. The minimum Gasteiger partial charge on any atom is -0.508 e. The normalized spacial score (nSPS) is 10.9. The van der Waals surface area contributed by atoms with Gasteiger partial charge in [-0.3, -0.25) is 4.79 Å². The topological polar surface area (TPSA) is 65.0 Å². The Balaban J connectivity index is 1.63. The van der Waals surface area contributed by atoms with Crippen molar-refractivity contribution < 1.29 is 24.1 Å². The molecule has 190 valence electrons. The van der Waals surface area contributed by atoms with E-state index in [1.54, 1.807) is 50.6 Å². The number of aryl methyl sites for hydroxylation is 2. The number of aromatic hydroxyl groups is 1. The molecular formula is C32H32O5. The summed E-state index contributed by atoms with van der Waals surface area (Å²) in [5.74, 6) is 1.38. The summed E-state index contributed by atoms with van der Waals surface area (Å²) >= 11 is 0. The van der Waals surface area contributed by atoms with Crippen LogP contribution in [0.4, 0.5) is 0 Å². The number of carbonyl (C=O) groups is 1. The SMILES string of the molecule is COCc1cc(-c2cc(C)c(Oc3ccc(C(=O)c4ccc(O)cc4)cc3)c(COC)c2)cc(C)c1C. The number of ketones is 1. The summed E-state index contributed by atoms with van der Waals surface area (Å²) in [5.41, 5.74) is 8.83. The van der Waals surface area contributed by atoms with Gasteiger partial charge in [0.25, 0.3) is 0 Å². The molecule has 0 bridgehead atoms. The molecule has 0 radical (unpaired) electrons. The van der Waals surface area contributed by atoms with Gasteiger partial charge in [0.2, 0.25) is 0 Å². The van der Waals surface area contributed by atoms with Crippen LogP contribution in [0.5, 0.6) is 17.2 Å². The third kappa shape index (κ3) is 5.91. The van der Waals surface area contributed by atoms with Gasteiger partial charge in [-0.2, -0.15) is 0 Å². The quantitative estimate of drug-likeness (QED) is 0.246. The third-order valence-electron chi connectivity index (χ3n) is 6.53. The van der Waals surface area contributed by atoms with Gasteiger partial charge in [0.1, 0.15) is 17.2 Å². The van der Waals surface area contributed by atoms with Gasteiger partial charge < -0.3 is 19.3 Å². The fourth-order valence-electron chi connectivity index (χ4n) is 4.40. The monoisotopic (exact) mass is 496 g/mol. The van der Waals surface area contributed by atoms with Crippen LogP contribution in [-0.4, -0.2) is 25.1 Å². The maximum Gasteiger partial charge on any atom is 0.193 e. The van der Waals surface area contributed by atoms with Crippen molar-refractivity contribution in [2.75, 3.05) is 14.2 Å². The number of rotatable bonds is 9. The predicted octanol–water partition coefficient (Wildman–Crippen LogP) is 7.30. The van der Waals surface area contributed by atoms with E-state index < -0.39 is 0 Å². The van der Waals surface area contributed by atoms with Crippen LogP contribution in [0.15, 0.2) is 72.8 Å². The summed E-state index contributed by atoms with van der Waals surface area (Å²) in [4.78, 5) is 12.8. The largest absolute Gasteiger partial charge is 0.508 e. The Morgan fingerprint density at radius 1 is 0.703 bits per heavy atom. The molecule has 4 rings (SSSR count). The Morgan fingerprint density at radius 2 is 1.22 bits per heavy atom. The van der Waals surface area contributed by atoms with E-state index in [2.05, 4.69) is 38.1 Å². The van der Waals surface area contributed by atoms with E-state index in [1.807, 2.05) is 6.92 Å². The maximum absolute atomic E-state index is 12.8. The molecule has 4 aromatic carbocycles. The van der Waals surface area contributed by atoms with Crippen LogP contribution < -0.4 is 4.74 Å². The lowest BCUT2D eigenvalue weighted by atomic mass is 9.93. The van der Waals surface area contributed by atoms with E-state index in [-0.39, 0.29) is 11.5 Å². The van der Waals surface area contributed by atoms with Gasteiger partial charge >= 0.3 is 0 Å². The summed E-state index contributed by atoms with van der Waals surface area (Å²) in [6.45, 7) is 7.23. The lowest BCUT2D eigenvalue weighted by Crippen LogP contribution is -2.01. The number of ether oxygens (including phenoxy) is 3. The Hall–Kier alpha value is -3.93. The molecule has 0 heterocycles. The first-order valence-corrected chi connectivity index (χ1v) is 12.1. The van der Waals surface area contributed by atoms with Crippen molar-refractivity contribution in [2.24, 2.45) is 0 Å². The molecule has 5 heteroatoms. The zero-order chi connectivity index (χ0) is 26.5. The van der Waals surface area contributed by atoms with E-state index in [0.29, 0.717) is 30.1 Å². The van der Waals surface area contributed by atoms with E-state index in [9.17, 15) is 9.90 Å². The summed E-state index contributed by atoms with van der Waals surface area (Å²) in [6, 6.07) is 21.9. The Kier molecular flexibility index (Phi) is 8.07. The van der Waals surface area contributed by atoms with Crippen molar-refractivity contribution in [3.63, 3.8) is 0 Å². The van der Waals surface area contributed by atoms with Crippen LogP contribution in [0, 0.1) is 20.8 Å². The van der Waals surface area contributed by atoms with Gasteiger partial charge in [0.05, 0.1) is 13.2 Å². The molecule has 0 fully saturated rings. The molecule has 4 aromatic rings. The van der Waals surface area contributed by atoms with Crippen LogP contribution in [0.1, 0.15) is 43.7 Å². The highest BCUT2D eigenvalue weighted by Crippen LogP contribution is 2.35. The van der Waals surface area contributed by atoms with Crippen molar-refractivity contribution >= 4 is 5.78 Å². The predicted molar refractivity (Wildman–Crippen MR) is 146 cm³/mol. The fraction of sp³-hybridized carbons (Fsp3) is 0.219. The molecule has 0 aliphatic heterocycles. The Bertz CT molecular complexity index is 1400. The van der Waals surface area contributed by atoms with Crippen LogP contribution in [-0.2, 0) is 22.7 Å². The number of hydrogen-bond acceptors (Lipinski definition) is 5. The smallest absolute Gasteiger partial charge is 0.193 e. The highest BCUT2D eigenvalue weighted by Gasteiger charge is 2.15. The molecule has 5 nitrogen and oxygen atoms in total. The molecule has 0 unspecified atom stereocenters. The molecule has 0 amide bonds. The second kappa shape index (κ2) is 11.4. The minimum atomic E-state index is -0.117. The minimum absolute atomic E-state index is 0.117. The van der Waals surface area contributed by atoms with Gasteiger partial charge in [-0.25, -0.2) is 0 Å². The molecule has 0 saturated heterocycles. The van der Waals surface area contributed by atoms with Crippen LogP contribution in [0.25, 0.3) is 11.1 Å². The number of methoxy groups -OCH3 is 2. The number of phenolic OH excluding ortho intramolecular Hbond substituents is 1. The van der Waals surface area contributed by atoms with Crippen molar-refractivity contribution in [2.45, 2.75) is 34.0 Å². The zero-order valence-corrected chi connectivity index (χ0v) is 21.9. The lowest BCUT2D eigenvalue weighted by Gasteiger charge is -2.17. The Morgan fingerprint density at radius 3 is 1.81 bits per heavy atom. The summed E-state index contributed by atoms with van der Waals surface area (Å²) in [5, 5.41) is 9.47. The molecule has 0 aromatic heterocycles. The summed E-state index contributed by atoms with van der Waals surface area (Å²) in [6.07, 6.45) is 0. The van der Waals surface area contributed by atoms with E-state index in [4.69, 9.17) is 14.2 Å². The molecule has 0 spiro atoms. The van der Waals surface area contributed by atoms with Gasteiger partial charge in [-0.15, -0.1) is 0 Å². The molecular weight excluding hydrogens is 464 g/mol. The van der Waals surface area contributed by atoms with Gasteiger partial charge in [-0.05, 0) is 121 Å². The van der Waals surface area contributed by atoms with E-state index in [0.717, 1.165) is 28.0 Å². The molecule has 0 aliphatic rings. The lowest BCUT2D eigenvalue weighted by molar-refractivity contribution is 0.103. The standard InChI is InChI=1S/C32H32O5/c1-20-14-25(16-27(18-35-4)22(20)3)26-15-21(2)32(28(17-26)19-36-5)37-30-12-8-24(9-13-30)31(34)23-6-10-29(33)11-7-23/h6-17,33H,18-19H2,1-5H3. The van der Waals surface area contributed by atoms with Gasteiger partial charge in [0, 0.05) is 30.9 Å². The number of phenols is 1. The van der Waals surface area contributed by atoms with Crippen LogP contribution in [0.3, 0.4) is 0 Å². The first-order valence-electron chi connectivity index (χ1n) is 12.1. The first-order chi connectivity index (χ1) is 17.8. The zero-order valence-electron chi connectivity index (χ0n) is 21.9. The highest BCUT2D eigenvalue weighted by atomic mass is 16.5. The highest BCUT2D eigenvalue weighted by molar-refractivity contribution is 6.09. The molecule has 37 heavy (non-hydrogen) atoms. The van der Waals surface area contributed by atoms with Crippen LogP contribution in [0.2, 0.25) is 0 Å². The Labute approximate surface area is 218 Å². The maximum atomic E-state index is 12.8. The van der Waals surface area contributed by atoms with Crippen molar-refractivity contribution in [1.82, 2.24) is 0 Å². The summed E-state index contributed by atoms with van der Waals surface area (Å²) in [7, 11) is 3.38. The third-order valence-corrected chi connectivity index (χ3v) is 6.53. The second-order valence-corrected chi connectivity index (χ2v) is 9.23. The average Bonchev–Trinajstić information content (AvgIpc) is 2.89. The molecule has 0 aliphatic carbocycles. The van der Waals surface area contributed by atoms with E-state index >= 15 is 0 Å². The van der Waals surface area contributed by atoms with Gasteiger partial charge in [0.15, 0.2) is 5.78 Å². The molecule has 1 N–H and O–H groups in total. The van der Waals surface area contributed by atoms with E-state index in [1.165, 1.54) is 28.8 Å². The number of carbonyl (C=O) groups excluding carboxylic acids is 1. The van der Waals surface area contributed by atoms with Crippen molar-refractivity contribution in [3.05, 3.63) is 112 Å². The number of benzene rings is 4. The van der Waals surface area contributed by atoms with Gasteiger partial charge in [-0.1, -0.05) is 6.07 Å². The first kappa shape index (κ1) is 26.1. The molecule has 0 saturated carbocycles. The van der Waals surface area contributed by atoms with Crippen molar-refractivity contribution in [3.8, 4) is 28.4 Å². The van der Waals surface area contributed by atoms with Crippen molar-refractivity contribution in [1.29, 1.82) is 0 Å². The second-order valence-electron chi connectivity index (χ2n) is 9.23.